The molecule has 0 spiro atoms. The van der Waals surface area contributed by atoms with Gasteiger partial charge in [-0.25, -0.2) is 0 Å². The summed E-state index contributed by atoms with van der Waals surface area (Å²) in [6.45, 7) is 5.41. The summed E-state index contributed by atoms with van der Waals surface area (Å²) in [6, 6.07) is 1.94. The SMILES string of the molecule is CCCN1CCCC(O)(c2ccn(C)n2)CC1. The number of aromatic nitrogens is 2. The van der Waals surface area contributed by atoms with Crippen LogP contribution in [-0.4, -0.2) is 39.4 Å². The van der Waals surface area contributed by atoms with E-state index in [-0.39, 0.29) is 0 Å². The fourth-order valence-corrected chi connectivity index (χ4v) is 2.63. The van der Waals surface area contributed by atoms with Gasteiger partial charge in [-0.1, -0.05) is 6.92 Å². The van der Waals surface area contributed by atoms with Gasteiger partial charge in [0.15, 0.2) is 0 Å². The van der Waals surface area contributed by atoms with Crippen molar-refractivity contribution < 1.29 is 5.11 Å². The Hall–Kier alpha value is -0.870. The van der Waals surface area contributed by atoms with Crippen LogP contribution in [0.3, 0.4) is 0 Å². The van der Waals surface area contributed by atoms with Crippen molar-refractivity contribution in [1.82, 2.24) is 14.7 Å². The summed E-state index contributed by atoms with van der Waals surface area (Å²) in [6.07, 6.45) is 5.76. The van der Waals surface area contributed by atoms with E-state index in [9.17, 15) is 5.11 Å². The molecule has 96 valence electrons. The third kappa shape index (κ3) is 2.87. The van der Waals surface area contributed by atoms with Crippen LogP contribution in [0.1, 0.15) is 38.3 Å². The van der Waals surface area contributed by atoms with Gasteiger partial charge in [0.2, 0.25) is 0 Å². The van der Waals surface area contributed by atoms with Gasteiger partial charge in [0.25, 0.3) is 0 Å². The minimum Gasteiger partial charge on any atom is -0.383 e. The van der Waals surface area contributed by atoms with E-state index >= 15 is 0 Å². The first-order valence-electron chi connectivity index (χ1n) is 6.59. The summed E-state index contributed by atoms with van der Waals surface area (Å²) >= 11 is 0. The minimum absolute atomic E-state index is 0.719. The van der Waals surface area contributed by atoms with Crippen molar-refractivity contribution in [3.63, 3.8) is 0 Å². The van der Waals surface area contributed by atoms with Gasteiger partial charge in [-0.2, -0.15) is 5.10 Å². The molecule has 4 heteroatoms. The van der Waals surface area contributed by atoms with E-state index in [2.05, 4.69) is 16.9 Å². The normalized spacial score (nSPS) is 27.0. The number of hydrogen-bond acceptors (Lipinski definition) is 3. The van der Waals surface area contributed by atoms with Crippen molar-refractivity contribution in [2.24, 2.45) is 7.05 Å². The highest BCUT2D eigenvalue weighted by Gasteiger charge is 2.33. The molecule has 1 fully saturated rings. The zero-order valence-electron chi connectivity index (χ0n) is 10.9. The quantitative estimate of drug-likeness (QED) is 0.866. The number of hydrogen-bond donors (Lipinski definition) is 1. The maximum Gasteiger partial charge on any atom is 0.110 e. The molecule has 0 bridgehead atoms. The average Bonchev–Trinajstić information content (AvgIpc) is 2.65. The van der Waals surface area contributed by atoms with E-state index in [4.69, 9.17) is 0 Å². The summed E-state index contributed by atoms with van der Waals surface area (Å²) in [7, 11) is 1.90. The highest BCUT2D eigenvalue weighted by atomic mass is 16.3. The molecule has 0 amide bonds. The van der Waals surface area contributed by atoms with Crippen LogP contribution >= 0.6 is 0 Å². The van der Waals surface area contributed by atoms with E-state index in [1.165, 1.54) is 6.42 Å². The molecule has 1 aliphatic rings. The van der Waals surface area contributed by atoms with Crippen molar-refractivity contribution in [3.8, 4) is 0 Å². The van der Waals surface area contributed by atoms with Crippen LogP contribution in [-0.2, 0) is 12.6 Å². The van der Waals surface area contributed by atoms with Crippen LogP contribution in [0.15, 0.2) is 12.3 Å². The van der Waals surface area contributed by atoms with Gasteiger partial charge in [-0.15, -0.1) is 0 Å². The molecule has 2 heterocycles. The Bertz CT molecular complexity index is 363. The lowest BCUT2D eigenvalue weighted by molar-refractivity contribution is 0.0165. The first kappa shape index (κ1) is 12.6. The Morgan fingerprint density at radius 3 is 2.88 bits per heavy atom. The lowest BCUT2D eigenvalue weighted by atomic mass is 9.91. The molecule has 0 aromatic carbocycles. The van der Waals surface area contributed by atoms with E-state index in [1.54, 1.807) is 4.68 Å². The summed E-state index contributed by atoms with van der Waals surface area (Å²) in [5.41, 5.74) is 0.113. The third-order valence-corrected chi connectivity index (χ3v) is 3.64. The Morgan fingerprint density at radius 2 is 2.24 bits per heavy atom. The van der Waals surface area contributed by atoms with E-state index < -0.39 is 5.60 Å². The van der Waals surface area contributed by atoms with Gasteiger partial charge in [-0.05, 0) is 44.8 Å². The van der Waals surface area contributed by atoms with E-state index in [0.717, 1.165) is 44.6 Å². The smallest absolute Gasteiger partial charge is 0.110 e. The predicted octanol–water partition coefficient (Wildman–Crippen LogP) is 1.50. The van der Waals surface area contributed by atoms with Crippen LogP contribution in [0.2, 0.25) is 0 Å². The molecule has 1 unspecified atom stereocenters. The monoisotopic (exact) mass is 237 g/mol. The van der Waals surface area contributed by atoms with Gasteiger partial charge in [0.05, 0.1) is 5.69 Å². The van der Waals surface area contributed by atoms with Gasteiger partial charge < -0.3 is 10.0 Å². The number of nitrogens with zero attached hydrogens (tertiary/aromatic N) is 3. The standard InChI is InChI=1S/C13H23N3O/c1-3-8-16-9-4-6-13(17,7-11-16)12-5-10-15(2)14-12/h5,10,17H,3-4,6-9,11H2,1-2H3. The molecule has 1 aliphatic heterocycles. The van der Waals surface area contributed by atoms with Crippen LogP contribution in [0.4, 0.5) is 0 Å². The lowest BCUT2D eigenvalue weighted by Gasteiger charge is -2.25. The molecule has 0 radical (unpaired) electrons. The number of aryl methyl sites for hydroxylation is 1. The van der Waals surface area contributed by atoms with Crippen LogP contribution in [0.25, 0.3) is 0 Å². The molecule has 1 N–H and O–H groups in total. The Kier molecular flexibility index (Phi) is 3.84. The summed E-state index contributed by atoms with van der Waals surface area (Å²) in [5, 5.41) is 15.1. The molecule has 0 saturated carbocycles. The minimum atomic E-state index is -0.719. The molecule has 2 rings (SSSR count). The van der Waals surface area contributed by atoms with Gasteiger partial charge >= 0.3 is 0 Å². The number of likely N-dealkylation sites (tertiary alicyclic amines) is 1. The fourth-order valence-electron chi connectivity index (χ4n) is 2.63. The van der Waals surface area contributed by atoms with Crippen LogP contribution in [0.5, 0.6) is 0 Å². The maximum atomic E-state index is 10.7. The molecular formula is C13H23N3O. The number of rotatable bonds is 3. The van der Waals surface area contributed by atoms with Crippen molar-refractivity contribution >= 4 is 0 Å². The fraction of sp³-hybridized carbons (Fsp3) is 0.769. The molecule has 1 saturated heterocycles. The van der Waals surface area contributed by atoms with Gasteiger partial charge in [0.1, 0.15) is 5.60 Å². The second-order valence-electron chi connectivity index (χ2n) is 5.10. The molecule has 0 aliphatic carbocycles. The van der Waals surface area contributed by atoms with Gasteiger partial charge in [0, 0.05) is 19.8 Å². The Balaban J connectivity index is 2.06. The third-order valence-electron chi connectivity index (χ3n) is 3.64. The molecule has 1 aromatic heterocycles. The highest BCUT2D eigenvalue weighted by Crippen LogP contribution is 2.31. The van der Waals surface area contributed by atoms with Gasteiger partial charge in [-0.3, -0.25) is 4.68 Å². The predicted molar refractivity (Wildman–Crippen MR) is 67.7 cm³/mol. The summed E-state index contributed by atoms with van der Waals surface area (Å²) in [5.74, 6) is 0. The van der Waals surface area contributed by atoms with Crippen LogP contribution < -0.4 is 0 Å². The Morgan fingerprint density at radius 1 is 1.41 bits per heavy atom. The van der Waals surface area contributed by atoms with Crippen molar-refractivity contribution in [2.45, 2.75) is 38.2 Å². The zero-order valence-corrected chi connectivity index (χ0v) is 10.9. The first-order chi connectivity index (χ1) is 8.14. The summed E-state index contributed by atoms with van der Waals surface area (Å²) in [4.78, 5) is 2.45. The van der Waals surface area contributed by atoms with Crippen LogP contribution in [0, 0.1) is 0 Å². The molecule has 1 atom stereocenters. The van der Waals surface area contributed by atoms with E-state index in [0.29, 0.717) is 0 Å². The van der Waals surface area contributed by atoms with Crippen molar-refractivity contribution in [1.29, 1.82) is 0 Å². The second kappa shape index (κ2) is 5.19. The largest absolute Gasteiger partial charge is 0.383 e. The average molecular weight is 237 g/mol. The molecule has 1 aromatic rings. The Labute approximate surface area is 103 Å². The number of aliphatic hydroxyl groups is 1. The van der Waals surface area contributed by atoms with Crippen molar-refractivity contribution in [2.75, 3.05) is 19.6 Å². The molecule has 17 heavy (non-hydrogen) atoms. The van der Waals surface area contributed by atoms with Crippen molar-refractivity contribution in [3.05, 3.63) is 18.0 Å². The lowest BCUT2D eigenvalue weighted by Crippen LogP contribution is -2.30. The van der Waals surface area contributed by atoms with E-state index in [1.807, 2.05) is 19.3 Å². The zero-order chi connectivity index (χ0) is 12.3. The maximum absolute atomic E-state index is 10.7. The molecule has 4 nitrogen and oxygen atoms in total. The summed E-state index contributed by atoms with van der Waals surface area (Å²) < 4.78 is 1.77. The second-order valence-corrected chi connectivity index (χ2v) is 5.10. The highest BCUT2D eigenvalue weighted by molar-refractivity contribution is 5.11. The molecular weight excluding hydrogens is 214 g/mol. The first-order valence-corrected chi connectivity index (χ1v) is 6.59. The topological polar surface area (TPSA) is 41.3 Å².